The Morgan fingerprint density at radius 1 is 1.00 bits per heavy atom. The largest absolute Gasteiger partial charge is 0.342 e. The number of likely N-dealkylation sites (tertiary alicyclic amines) is 2. The lowest BCUT2D eigenvalue weighted by atomic mass is 9.94. The second-order valence-electron chi connectivity index (χ2n) is 8.55. The van der Waals surface area contributed by atoms with E-state index >= 15 is 0 Å². The predicted octanol–water partition coefficient (Wildman–Crippen LogP) is 2.30. The van der Waals surface area contributed by atoms with Crippen molar-refractivity contribution in [2.75, 3.05) is 31.5 Å². The van der Waals surface area contributed by atoms with E-state index in [2.05, 4.69) is 25.1 Å². The lowest BCUT2D eigenvalue weighted by Gasteiger charge is -2.36. The molecule has 2 aliphatic heterocycles. The molecule has 2 amide bonds. The summed E-state index contributed by atoms with van der Waals surface area (Å²) in [5.74, 6) is 0.314. The molecule has 2 saturated heterocycles. The van der Waals surface area contributed by atoms with E-state index in [9.17, 15) is 14.4 Å². The van der Waals surface area contributed by atoms with E-state index in [1.807, 2.05) is 6.92 Å². The number of hydrogen-bond donors (Lipinski definition) is 3. The Bertz CT molecular complexity index is 949. The number of aromatic nitrogens is 2. The Morgan fingerprint density at radius 3 is 2.37 bits per heavy atom. The first-order chi connectivity index (χ1) is 14.5. The van der Waals surface area contributed by atoms with Crippen LogP contribution in [0.1, 0.15) is 45.4 Å². The maximum atomic E-state index is 12.9. The average molecular weight is 414 g/mol. The van der Waals surface area contributed by atoms with Crippen LogP contribution in [-0.4, -0.2) is 63.8 Å². The summed E-state index contributed by atoms with van der Waals surface area (Å²) in [6.45, 7) is 5.21. The van der Waals surface area contributed by atoms with Gasteiger partial charge >= 0.3 is 5.69 Å². The molecular weight excluding hydrogens is 382 g/mol. The minimum absolute atomic E-state index is 0.0791. The Kier molecular flexibility index (Phi) is 6.22. The zero-order valence-electron chi connectivity index (χ0n) is 17.6. The van der Waals surface area contributed by atoms with E-state index in [-0.39, 0.29) is 23.6 Å². The third-order valence-electron chi connectivity index (χ3n) is 6.51. The molecule has 0 saturated carbocycles. The number of amides is 2. The highest BCUT2D eigenvalue weighted by molar-refractivity contribution is 5.96. The van der Waals surface area contributed by atoms with Gasteiger partial charge < -0.3 is 20.2 Å². The van der Waals surface area contributed by atoms with Gasteiger partial charge in [-0.15, -0.1) is 0 Å². The Balaban J connectivity index is 1.30. The van der Waals surface area contributed by atoms with Crippen molar-refractivity contribution in [2.24, 2.45) is 5.92 Å². The molecule has 1 aromatic carbocycles. The maximum Gasteiger partial charge on any atom is 0.323 e. The summed E-state index contributed by atoms with van der Waals surface area (Å²) in [4.78, 5) is 46.6. The number of aromatic amines is 2. The molecule has 0 unspecified atom stereocenters. The predicted molar refractivity (Wildman–Crippen MR) is 116 cm³/mol. The van der Waals surface area contributed by atoms with E-state index in [0.717, 1.165) is 51.9 Å². The van der Waals surface area contributed by atoms with Gasteiger partial charge in [0, 0.05) is 24.7 Å². The molecule has 162 valence electrons. The summed E-state index contributed by atoms with van der Waals surface area (Å²) in [7, 11) is 0. The number of anilines is 1. The van der Waals surface area contributed by atoms with Crippen LogP contribution in [0.3, 0.4) is 0 Å². The van der Waals surface area contributed by atoms with Crippen molar-refractivity contribution < 1.29 is 9.59 Å². The summed E-state index contributed by atoms with van der Waals surface area (Å²) in [6.07, 6.45) is 6.30. The van der Waals surface area contributed by atoms with Gasteiger partial charge in [0.05, 0.1) is 17.1 Å². The number of fused-ring (bicyclic) bond motifs is 1. The summed E-state index contributed by atoms with van der Waals surface area (Å²) in [5.41, 5.74) is 1.76. The summed E-state index contributed by atoms with van der Waals surface area (Å²) < 4.78 is 0. The first-order valence-electron chi connectivity index (χ1n) is 11.1. The van der Waals surface area contributed by atoms with Gasteiger partial charge in [0.2, 0.25) is 11.8 Å². The fraction of sp³-hybridized carbons (Fsp3) is 0.591. The van der Waals surface area contributed by atoms with Crippen LogP contribution in [-0.2, 0) is 9.59 Å². The smallest absolute Gasteiger partial charge is 0.323 e. The number of imidazole rings is 1. The number of H-pyrrole nitrogens is 2. The van der Waals surface area contributed by atoms with Crippen molar-refractivity contribution in [3.05, 3.63) is 28.7 Å². The summed E-state index contributed by atoms with van der Waals surface area (Å²) in [5, 5.41) is 2.94. The van der Waals surface area contributed by atoms with Crippen molar-refractivity contribution in [1.29, 1.82) is 0 Å². The first kappa shape index (κ1) is 20.7. The number of carbonyl (C=O) groups excluding carboxylic acids is 2. The third-order valence-corrected chi connectivity index (χ3v) is 6.51. The van der Waals surface area contributed by atoms with Gasteiger partial charge in [-0.2, -0.15) is 0 Å². The lowest BCUT2D eigenvalue weighted by Crippen LogP contribution is -2.48. The quantitative estimate of drug-likeness (QED) is 0.716. The van der Waals surface area contributed by atoms with E-state index in [0.29, 0.717) is 22.6 Å². The zero-order chi connectivity index (χ0) is 21.1. The Morgan fingerprint density at radius 2 is 1.67 bits per heavy atom. The molecule has 1 atom stereocenters. The molecule has 2 aliphatic rings. The number of rotatable bonds is 4. The van der Waals surface area contributed by atoms with Crippen molar-refractivity contribution in [2.45, 2.75) is 51.5 Å². The van der Waals surface area contributed by atoms with Crippen LogP contribution in [0.4, 0.5) is 5.69 Å². The van der Waals surface area contributed by atoms with Crippen LogP contribution in [0.2, 0.25) is 0 Å². The molecular formula is C22H31N5O3. The van der Waals surface area contributed by atoms with Gasteiger partial charge in [-0.1, -0.05) is 12.8 Å². The molecule has 2 aromatic rings. The molecule has 3 N–H and O–H groups in total. The zero-order valence-corrected chi connectivity index (χ0v) is 17.6. The van der Waals surface area contributed by atoms with Crippen LogP contribution >= 0.6 is 0 Å². The number of hydrogen-bond acceptors (Lipinski definition) is 4. The third kappa shape index (κ3) is 4.59. The fourth-order valence-corrected chi connectivity index (χ4v) is 4.61. The van der Waals surface area contributed by atoms with E-state index < -0.39 is 0 Å². The maximum absolute atomic E-state index is 12.9. The number of nitrogens with one attached hydrogen (secondary N) is 3. The molecule has 2 fully saturated rings. The highest BCUT2D eigenvalue weighted by Gasteiger charge is 2.32. The summed E-state index contributed by atoms with van der Waals surface area (Å²) in [6, 6.07) is 5.03. The van der Waals surface area contributed by atoms with Crippen molar-refractivity contribution in [3.63, 3.8) is 0 Å². The van der Waals surface area contributed by atoms with Crippen molar-refractivity contribution >= 4 is 28.5 Å². The van der Waals surface area contributed by atoms with Gasteiger partial charge in [0.1, 0.15) is 0 Å². The standard InChI is InChI=1S/C22H31N5O3/c1-15(20(28)23-17-6-7-18-19(14-17)25-22(30)24-18)26-12-8-16(9-13-26)21(29)27-10-4-2-3-5-11-27/h6-7,14-16H,2-5,8-13H2,1H3,(H,23,28)(H2,24,25,30)/t15-/m0/s1. The SMILES string of the molecule is C[C@@H](C(=O)Nc1ccc2[nH]c(=O)[nH]c2c1)N1CCC(C(=O)N2CCCCCC2)CC1. The van der Waals surface area contributed by atoms with E-state index in [1.165, 1.54) is 12.8 Å². The second-order valence-corrected chi connectivity index (χ2v) is 8.55. The van der Waals surface area contributed by atoms with Gasteiger partial charge in [-0.25, -0.2) is 4.79 Å². The van der Waals surface area contributed by atoms with Crippen molar-refractivity contribution in [3.8, 4) is 0 Å². The monoisotopic (exact) mass is 413 g/mol. The molecule has 30 heavy (non-hydrogen) atoms. The Hall–Kier alpha value is -2.61. The molecule has 4 rings (SSSR count). The first-order valence-corrected chi connectivity index (χ1v) is 11.1. The van der Waals surface area contributed by atoms with Crippen LogP contribution in [0.5, 0.6) is 0 Å². The fourth-order valence-electron chi connectivity index (χ4n) is 4.61. The highest BCUT2D eigenvalue weighted by atomic mass is 16.2. The number of piperidine rings is 1. The minimum Gasteiger partial charge on any atom is -0.342 e. The van der Waals surface area contributed by atoms with Crippen LogP contribution in [0, 0.1) is 5.92 Å². The topological polar surface area (TPSA) is 101 Å². The lowest BCUT2D eigenvalue weighted by molar-refractivity contribution is -0.137. The molecule has 8 nitrogen and oxygen atoms in total. The highest BCUT2D eigenvalue weighted by Crippen LogP contribution is 2.23. The average Bonchev–Trinajstić information content (AvgIpc) is 2.94. The second kappa shape index (κ2) is 9.04. The number of carbonyl (C=O) groups is 2. The van der Waals surface area contributed by atoms with Gasteiger partial charge in [-0.3, -0.25) is 14.5 Å². The van der Waals surface area contributed by atoms with Crippen molar-refractivity contribution in [1.82, 2.24) is 19.8 Å². The molecule has 0 bridgehead atoms. The minimum atomic E-state index is -0.278. The van der Waals surface area contributed by atoms with Crippen LogP contribution in [0.25, 0.3) is 11.0 Å². The van der Waals surface area contributed by atoms with Gasteiger partial charge in [-0.05, 0) is 63.9 Å². The van der Waals surface area contributed by atoms with Gasteiger partial charge in [0.15, 0.2) is 0 Å². The molecule has 0 aliphatic carbocycles. The number of benzene rings is 1. The van der Waals surface area contributed by atoms with E-state index in [1.54, 1.807) is 18.2 Å². The molecule has 8 heteroatoms. The van der Waals surface area contributed by atoms with Crippen LogP contribution in [0.15, 0.2) is 23.0 Å². The molecule has 1 aromatic heterocycles. The normalized spacial score (nSPS) is 20.1. The molecule has 0 radical (unpaired) electrons. The molecule has 3 heterocycles. The number of nitrogens with zero attached hydrogens (tertiary/aromatic N) is 2. The van der Waals surface area contributed by atoms with E-state index in [4.69, 9.17) is 0 Å². The molecule has 0 spiro atoms. The van der Waals surface area contributed by atoms with Gasteiger partial charge in [0.25, 0.3) is 0 Å². The Labute approximate surface area is 176 Å². The summed E-state index contributed by atoms with van der Waals surface area (Å²) >= 11 is 0. The van der Waals surface area contributed by atoms with Crippen LogP contribution < -0.4 is 11.0 Å².